The van der Waals surface area contributed by atoms with E-state index in [0.717, 1.165) is 11.6 Å². The van der Waals surface area contributed by atoms with Gasteiger partial charge in [0.05, 0.1) is 12.8 Å². The summed E-state index contributed by atoms with van der Waals surface area (Å²) in [6.45, 7) is 1.73. The van der Waals surface area contributed by atoms with E-state index in [2.05, 4.69) is 0 Å². The molecule has 0 saturated heterocycles. The standard InChI is InChI=1S/C15H15F2NO2/c1-9(10-3-5-11(19-2)6-4-10)20-15-13(18)8-7-12(16)14(15)17/h3-9H,18H2,1-2H3. The minimum absolute atomic E-state index is 0.0595. The van der Waals surface area contributed by atoms with Crippen LogP contribution in [-0.4, -0.2) is 7.11 Å². The number of nitrogen functional groups attached to an aromatic ring is 1. The Balaban J connectivity index is 2.23. The van der Waals surface area contributed by atoms with Gasteiger partial charge in [-0.05, 0) is 36.8 Å². The van der Waals surface area contributed by atoms with Crippen molar-refractivity contribution in [2.24, 2.45) is 0 Å². The highest BCUT2D eigenvalue weighted by Crippen LogP contribution is 2.31. The Hall–Kier alpha value is -2.30. The minimum atomic E-state index is -1.08. The fraction of sp³-hybridized carbons (Fsp3) is 0.200. The normalized spacial score (nSPS) is 12.0. The van der Waals surface area contributed by atoms with Gasteiger partial charge in [0.1, 0.15) is 11.9 Å². The highest BCUT2D eigenvalue weighted by atomic mass is 19.2. The molecule has 0 heterocycles. The predicted octanol–water partition coefficient (Wildman–Crippen LogP) is 3.70. The highest BCUT2D eigenvalue weighted by molar-refractivity contribution is 5.53. The van der Waals surface area contributed by atoms with Crippen LogP contribution in [0, 0.1) is 11.6 Å². The monoisotopic (exact) mass is 279 g/mol. The van der Waals surface area contributed by atoms with Crippen LogP contribution in [0.1, 0.15) is 18.6 Å². The van der Waals surface area contributed by atoms with Crippen LogP contribution in [0.4, 0.5) is 14.5 Å². The van der Waals surface area contributed by atoms with Crippen LogP contribution in [0.2, 0.25) is 0 Å². The van der Waals surface area contributed by atoms with Crippen molar-refractivity contribution in [1.82, 2.24) is 0 Å². The molecule has 20 heavy (non-hydrogen) atoms. The molecule has 2 N–H and O–H groups in total. The third-order valence-corrected chi connectivity index (χ3v) is 2.96. The summed E-state index contributed by atoms with van der Waals surface area (Å²) in [6, 6.07) is 9.35. The zero-order chi connectivity index (χ0) is 14.7. The zero-order valence-electron chi connectivity index (χ0n) is 11.2. The second kappa shape index (κ2) is 5.77. The summed E-state index contributed by atoms with van der Waals surface area (Å²) < 4.78 is 37.3. The van der Waals surface area contributed by atoms with Gasteiger partial charge in [-0.15, -0.1) is 0 Å². The Kier molecular flexibility index (Phi) is 4.08. The Morgan fingerprint density at radius 2 is 1.70 bits per heavy atom. The van der Waals surface area contributed by atoms with Crippen molar-refractivity contribution in [2.75, 3.05) is 12.8 Å². The van der Waals surface area contributed by atoms with Crippen molar-refractivity contribution in [3.8, 4) is 11.5 Å². The lowest BCUT2D eigenvalue weighted by atomic mass is 10.1. The first-order chi connectivity index (χ1) is 9.52. The van der Waals surface area contributed by atoms with Crippen LogP contribution >= 0.6 is 0 Å². The molecule has 0 saturated carbocycles. The van der Waals surface area contributed by atoms with Gasteiger partial charge in [0, 0.05) is 0 Å². The van der Waals surface area contributed by atoms with Crippen molar-refractivity contribution in [3.05, 3.63) is 53.6 Å². The van der Waals surface area contributed by atoms with E-state index < -0.39 is 17.7 Å². The molecule has 1 unspecified atom stereocenters. The number of halogens is 2. The first-order valence-electron chi connectivity index (χ1n) is 6.07. The van der Waals surface area contributed by atoms with Gasteiger partial charge in [-0.25, -0.2) is 4.39 Å². The van der Waals surface area contributed by atoms with Gasteiger partial charge >= 0.3 is 0 Å². The maximum absolute atomic E-state index is 13.7. The molecule has 0 aliphatic carbocycles. The zero-order valence-corrected chi connectivity index (χ0v) is 11.2. The number of hydrogen-bond donors (Lipinski definition) is 1. The number of methoxy groups -OCH3 is 1. The van der Waals surface area contributed by atoms with Gasteiger partial charge in [0.2, 0.25) is 5.82 Å². The molecule has 0 spiro atoms. The molecule has 2 aromatic rings. The van der Waals surface area contributed by atoms with E-state index in [1.54, 1.807) is 38.3 Å². The van der Waals surface area contributed by atoms with E-state index in [4.69, 9.17) is 15.2 Å². The summed E-state index contributed by atoms with van der Waals surface area (Å²) in [5.41, 5.74) is 6.47. The molecule has 2 rings (SSSR count). The molecule has 1 atom stereocenters. The Morgan fingerprint density at radius 3 is 2.30 bits per heavy atom. The molecule has 0 aliphatic heterocycles. The Morgan fingerprint density at radius 1 is 1.05 bits per heavy atom. The smallest absolute Gasteiger partial charge is 0.202 e. The van der Waals surface area contributed by atoms with E-state index >= 15 is 0 Å². The number of ether oxygens (including phenoxy) is 2. The van der Waals surface area contributed by atoms with Crippen LogP contribution in [0.25, 0.3) is 0 Å². The predicted molar refractivity (Wildman–Crippen MR) is 72.8 cm³/mol. The first kappa shape index (κ1) is 14.1. The van der Waals surface area contributed by atoms with Gasteiger partial charge in [-0.1, -0.05) is 12.1 Å². The first-order valence-corrected chi connectivity index (χ1v) is 6.07. The minimum Gasteiger partial charge on any atom is -0.497 e. The van der Waals surface area contributed by atoms with E-state index in [0.29, 0.717) is 5.75 Å². The topological polar surface area (TPSA) is 44.5 Å². The van der Waals surface area contributed by atoms with Gasteiger partial charge in [0.25, 0.3) is 0 Å². The summed E-state index contributed by atoms with van der Waals surface area (Å²) in [5.74, 6) is -1.63. The SMILES string of the molecule is COc1ccc(C(C)Oc2c(N)ccc(F)c2F)cc1. The molecule has 0 aliphatic rings. The largest absolute Gasteiger partial charge is 0.497 e. The molecule has 2 aromatic carbocycles. The van der Waals surface area contributed by atoms with Gasteiger partial charge < -0.3 is 15.2 Å². The molecular weight excluding hydrogens is 264 g/mol. The fourth-order valence-corrected chi connectivity index (χ4v) is 1.79. The molecule has 0 bridgehead atoms. The fourth-order valence-electron chi connectivity index (χ4n) is 1.79. The molecule has 106 valence electrons. The summed E-state index contributed by atoms with van der Waals surface area (Å²) in [5, 5.41) is 0. The maximum atomic E-state index is 13.7. The maximum Gasteiger partial charge on any atom is 0.202 e. The lowest BCUT2D eigenvalue weighted by molar-refractivity contribution is 0.215. The number of rotatable bonds is 4. The average molecular weight is 279 g/mol. The number of hydrogen-bond acceptors (Lipinski definition) is 3. The summed E-state index contributed by atoms with van der Waals surface area (Å²) in [4.78, 5) is 0. The molecular formula is C15H15F2NO2. The summed E-state index contributed by atoms with van der Waals surface area (Å²) >= 11 is 0. The van der Waals surface area contributed by atoms with Gasteiger partial charge in [-0.3, -0.25) is 0 Å². The van der Waals surface area contributed by atoms with Crippen LogP contribution in [0.15, 0.2) is 36.4 Å². The van der Waals surface area contributed by atoms with Gasteiger partial charge in [0.15, 0.2) is 11.6 Å². The summed E-state index contributed by atoms with van der Waals surface area (Å²) in [6.07, 6.45) is -0.473. The van der Waals surface area contributed by atoms with E-state index in [1.807, 2.05) is 0 Å². The molecule has 3 nitrogen and oxygen atoms in total. The van der Waals surface area contributed by atoms with E-state index in [1.165, 1.54) is 6.07 Å². The second-order valence-electron chi connectivity index (χ2n) is 4.31. The van der Waals surface area contributed by atoms with Crippen molar-refractivity contribution in [1.29, 1.82) is 0 Å². The van der Waals surface area contributed by atoms with E-state index in [-0.39, 0.29) is 11.4 Å². The van der Waals surface area contributed by atoms with Crippen LogP contribution in [-0.2, 0) is 0 Å². The number of benzene rings is 2. The van der Waals surface area contributed by atoms with Gasteiger partial charge in [-0.2, -0.15) is 4.39 Å². The Labute approximate surface area is 115 Å². The molecule has 5 heteroatoms. The van der Waals surface area contributed by atoms with Crippen LogP contribution < -0.4 is 15.2 Å². The third-order valence-electron chi connectivity index (χ3n) is 2.96. The Bertz CT molecular complexity index is 600. The number of anilines is 1. The van der Waals surface area contributed by atoms with Crippen LogP contribution in [0.5, 0.6) is 11.5 Å². The lowest BCUT2D eigenvalue weighted by Gasteiger charge is -2.17. The van der Waals surface area contributed by atoms with Crippen LogP contribution in [0.3, 0.4) is 0 Å². The molecule has 0 aromatic heterocycles. The third kappa shape index (κ3) is 2.82. The van der Waals surface area contributed by atoms with E-state index in [9.17, 15) is 8.78 Å². The van der Waals surface area contributed by atoms with Crippen molar-refractivity contribution < 1.29 is 18.3 Å². The molecule has 0 amide bonds. The average Bonchev–Trinajstić information content (AvgIpc) is 2.47. The lowest BCUT2D eigenvalue weighted by Crippen LogP contribution is -2.07. The summed E-state index contributed by atoms with van der Waals surface area (Å²) in [7, 11) is 1.57. The number of nitrogens with two attached hydrogens (primary N) is 1. The molecule has 0 fully saturated rings. The van der Waals surface area contributed by atoms with Crippen molar-refractivity contribution in [2.45, 2.75) is 13.0 Å². The quantitative estimate of drug-likeness (QED) is 0.868. The second-order valence-corrected chi connectivity index (χ2v) is 4.31. The van der Waals surface area contributed by atoms with Crippen molar-refractivity contribution in [3.63, 3.8) is 0 Å². The highest BCUT2D eigenvalue weighted by Gasteiger charge is 2.17. The van der Waals surface area contributed by atoms with Crippen molar-refractivity contribution >= 4 is 5.69 Å². The molecule has 0 radical (unpaired) electrons.